The Morgan fingerprint density at radius 1 is 1.21 bits per heavy atom. The SMILES string of the molecule is CC1(N)CCCCC1C(=O)N1CCC2CCC(C1)N2. The minimum Gasteiger partial charge on any atom is -0.341 e. The summed E-state index contributed by atoms with van der Waals surface area (Å²) in [5, 5.41) is 3.64. The molecule has 0 aromatic carbocycles. The smallest absolute Gasteiger partial charge is 0.227 e. The standard InChI is InChI=1S/C15H27N3O/c1-15(16)8-3-2-4-13(15)14(19)18-9-7-11-5-6-12(10-18)17-11/h11-13,17H,2-10,16H2,1H3. The van der Waals surface area contributed by atoms with Gasteiger partial charge in [0.25, 0.3) is 0 Å². The van der Waals surface area contributed by atoms with Crippen molar-refractivity contribution in [3.63, 3.8) is 0 Å². The van der Waals surface area contributed by atoms with E-state index in [4.69, 9.17) is 5.73 Å². The van der Waals surface area contributed by atoms with Crippen LogP contribution in [0.4, 0.5) is 0 Å². The average molecular weight is 265 g/mol. The Morgan fingerprint density at radius 2 is 2.00 bits per heavy atom. The Labute approximate surface area is 116 Å². The molecule has 4 atom stereocenters. The van der Waals surface area contributed by atoms with Crippen LogP contribution in [0.15, 0.2) is 0 Å². The fraction of sp³-hybridized carbons (Fsp3) is 0.933. The van der Waals surface area contributed by atoms with Gasteiger partial charge in [-0.25, -0.2) is 0 Å². The molecule has 1 saturated carbocycles. The lowest BCUT2D eigenvalue weighted by Crippen LogP contribution is -2.54. The summed E-state index contributed by atoms with van der Waals surface area (Å²) in [6, 6.07) is 1.16. The number of nitrogens with two attached hydrogens (primary N) is 1. The molecule has 4 nitrogen and oxygen atoms in total. The van der Waals surface area contributed by atoms with Crippen LogP contribution >= 0.6 is 0 Å². The zero-order chi connectivity index (χ0) is 13.5. The molecule has 3 aliphatic rings. The van der Waals surface area contributed by atoms with Crippen molar-refractivity contribution >= 4 is 5.91 Å². The van der Waals surface area contributed by atoms with E-state index in [9.17, 15) is 4.79 Å². The first kappa shape index (κ1) is 13.4. The summed E-state index contributed by atoms with van der Waals surface area (Å²) in [5.41, 5.74) is 6.08. The highest BCUT2D eigenvalue weighted by atomic mass is 16.2. The van der Waals surface area contributed by atoms with Crippen molar-refractivity contribution in [2.45, 2.75) is 69.5 Å². The molecule has 19 heavy (non-hydrogen) atoms. The monoisotopic (exact) mass is 265 g/mol. The predicted octanol–water partition coefficient (Wildman–Crippen LogP) is 1.25. The van der Waals surface area contributed by atoms with Crippen molar-refractivity contribution in [1.82, 2.24) is 10.2 Å². The van der Waals surface area contributed by atoms with Crippen molar-refractivity contribution in [3.8, 4) is 0 Å². The first-order valence-electron chi connectivity index (χ1n) is 7.90. The lowest BCUT2D eigenvalue weighted by molar-refractivity contribution is -0.139. The number of hydrogen-bond donors (Lipinski definition) is 2. The summed E-state index contributed by atoms with van der Waals surface area (Å²) in [4.78, 5) is 14.9. The predicted molar refractivity (Wildman–Crippen MR) is 75.7 cm³/mol. The number of nitrogens with zero attached hydrogens (tertiary/aromatic N) is 1. The van der Waals surface area contributed by atoms with Gasteiger partial charge in [0, 0.05) is 30.7 Å². The molecule has 108 valence electrons. The van der Waals surface area contributed by atoms with Gasteiger partial charge in [0.2, 0.25) is 5.91 Å². The molecule has 2 heterocycles. The maximum absolute atomic E-state index is 12.8. The zero-order valence-corrected chi connectivity index (χ0v) is 12.0. The van der Waals surface area contributed by atoms with Crippen LogP contribution in [-0.2, 0) is 4.79 Å². The minimum absolute atomic E-state index is 0.0397. The third-order valence-corrected chi connectivity index (χ3v) is 5.39. The fourth-order valence-electron chi connectivity index (χ4n) is 4.13. The number of likely N-dealkylation sites (tertiary alicyclic amines) is 1. The molecular formula is C15H27N3O. The second-order valence-electron chi connectivity index (χ2n) is 7.01. The van der Waals surface area contributed by atoms with E-state index in [0.29, 0.717) is 18.0 Å². The van der Waals surface area contributed by atoms with Gasteiger partial charge in [-0.3, -0.25) is 4.79 Å². The van der Waals surface area contributed by atoms with E-state index in [0.717, 1.165) is 38.8 Å². The van der Waals surface area contributed by atoms with E-state index in [1.165, 1.54) is 19.3 Å². The van der Waals surface area contributed by atoms with Gasteiger partial charge in [-0.1, -0.05) is 12.8 Å². The molecule has 2 saturated heterocycles. The molecule has 4 unspecified atom stereocenters. The van der Waals surface area contributed by atoms with Crippen LogP contribution < -0.4 is 11.1 Å². The summed E-state index contributed by atoms with van der Waals surface area (Å²) in [5.74, 6) is 0.358. The van der Waals surface area contributed by atoms with Gasteiger partial charge >= 0.3 is 0 Å². The van der Waals surface area contributed by atoms with Crippen LogP contribution in [0.5, 0.6) is 0 Å². The number of hydrogen-bond acceptors (Lipinski definition) is 3. The van der Waals surface area contributed by atoms with Crippen LogP contribution in [0.25, 0.3) is 0 Å². The first-order chi connectivity index (χ1) is 9.06. The molecule has 0 aromatic rings. The molecule has 0 radical (unpaired) electrons. The van der Waals surface area contributed by atoms with Crippen LogP contribution in [0.2, 0.25) is 0 Å². The van der Waals surface area contributed by atoms with E-state index >= 15 is 0 Å². The number of carbonyl (C=O) groups excluding carboxylic acids is 1. The molecule has 2 aliphatic heterocycles. The van der Waals surface area contributed by atoms with Gasteiger partial charge in [0.15, 0.2) is 0 Å². The molecule has 3 rings (SSSR count). The molecule has 3 fully saturated rings. The summed E-state index contributed by atoms with van der Waals surface area (Å²) in [7, 11) is 0. The quantitative estimate of drug-likeness (QED) is 0.750. The maximum Gasteiger partial charge on any atom is 0.227 e. The van der Waals surface area contributed by atoms with Gasteiger partial charge in [-0.15, -0.1) is 0 Å². The zero-order valence-electron chi connectivity index (χ0n) is 12.0. The van der Waals surface area contributed by atoms with E-state index < -0.39 is 0 Å². The molecule has 4 heteroatoms. The van der Waals surface area contributed by atoms with E-state index in [-0.39, 0.29) is 11.5 Å². The summed E-state index contributed by atoms with van der Waals surface area (Å²) in [6.45, 7) is 3.87. The molecule has 2 bridgehead atoms. The topological polar surface area (TPSA) is 58.4 Å². The van der Waals surface area contributed by atoms with E-state index in [2.05, 4.69) is 17.1 Å². The summed E-state index contributed by atoms with van der Waals surface area (Å²) >= 11 is 0. The van der Waals surface area contributed by atoms with Crippen LogP contribution in [0.3, 0.4) is 0 Å². The van der Waals surface area contributed by atoms with Crippen molar-refractivity contribution in [1.29, 1.82) is 0 Å². The third-order valence-electron chi connectivity index (χ3n) is 5.39. The Balaban J connectivity index is 1.69. The van der Waals surface area contributed by atoms with Crippen LogP contribution in [0, 0.1) is 5.92 Å². The second kappa shape index (κ2) is 5.06. The maximum atomic E-state index is 12.8. The average Bonchev–Trinajstić information content (AvgIpc) is 2.68. The molecule has 1 amide bonds. The summed E-state index contributed by atoms with van der Waals surface area (Å²) < 4.78 is 0. The van der Waals surface area contributed by atoms with Gasteiger partial charge in [0.1, 0.15) is 0 Å². The molecule has 1 aliphatic carbocycles. The Hall–Kier alpha value is -0.610. The second-order valence-corrected chi connectivity index (χ2v) is 7.01. The summed E-state index contributed by atoms with van der Waals surface area (Å²) in [6.07, 6.45) is 7.90. The number of rotatable bonds is 1. The number of nitrogens with one attached hydrogen (secondary N) is 1. The molecule has 3 N–H and O–H groups in total. The highest BCUT2D eigenvalue weighted by Gasteiger charge is 2.41. The van der Waals surface area contributed by atoms with E-state index in [1.54, 1.807) is 0 Å². The number of amides is 1. The highest BCUT2D eigenvalue weighted by Crippen LogP contribution is 2.33. The van der Waals surface area contributed by atoms with Gasteiger partial charge in [-0.2, -0.15) is 0 Å². The molecular weight excluding hydrogens is 238 g/mol. The molecule has 0 aromatic heterocycles. The van der Waals surface area contributed by atoms with E-state index in [1.807, 2.05) is 0 Å². The van der Waals surface area contributed by atoms with Crippen LogP contribution in [-0.4, -0.2) is 41.5 Å². The van der Waals surface area contributed by atoms with Crippen molar-refractivity contribution in [2.75, 3.05) is 13.1 Å². The van der Waals surface area contributed by atoms with Crippen molar-refractivity contribution < 1.29 is 4.79 Å². The van der Waals surface area contributed by atoms with Gasteiger partial charge in [-0.05, 0) is 39.0 Å². The Kier molecular flexibility index (Phi) is 3.56. The Bertz CT molecular complexity index is 355. The number of fused-ring (bicyclic) bond motifs is 2. The molecule has 0 spiro atoms. The minimum atomic E-state index is -0.298. The third kappa shape index (κ3) is 2.65. The lowest BCUT2D eigenvalue weighted by Gasteiger charge is -2.40. The van der Waals surface area contributed by atoms with Gasteiger partial charge < -0.3 is 16.0 Å². The van der Waals surface area contributed by atoms with Crippen molar-refractivity contribution in [2.24, 2.45) is 11.7 Å². The van der Waals surface area contributed by atoms with Crippen molar-refractivity contribution in [3.05, 3.63) is 0 Å². The Morgan fingerprint density at radius 3 is 2.79 bits per heavy atom. The van der Waals surface area contributed by atoms with Crippen LogP contribution in [0.1, 0.15) is 51.9 Å². The highest BCUT2D eigenvalue weighted by molar-refractivity contribution is 5.80. The largest absolute Gasteiger partial charge is 0.341 e. The normalized spacial score (nSPS) is 43.1. The lowest BCUT2D eigenvalue weighted by atomic mass is 9.74. The number of carbonyl (C=O) groups is 1. The fourth-order valence-corrected chi connectivity index (χ4v) is 4.13. The first-order valence-corrected chi connectivity index (χ1v) is 7.90. The van der Waals surface area contributed by atoms with Gasteiger partial charge in [0.05, 0.1) is 5.92 Å².